The number of hydrogen-bond donors (Lipinski definition) is 3. The zero-order chi connectivity index (χ0) is 29.9. The summed E-state index contributed by atoms with van der Waals surface area (Å²) in [5.74, 6) is 0.611. The Morgan fingerprint density at radius 1 is 0.860 bits per heavy atom. The van der Waals surface area contributed by atoms with Gasteiger partial charge in [-0.25, -0.2) is 15.0 Å². The summed E-state index contributed by atoms with van der Waals surface area (Å²) in [6.45, 7) is 1.79. The molecule has 222 valence electrons. The van der Waals surface area contributed by atoms with Crippen molar-refractivity contribution in [2.75, 3.05) is 18.3 Å². The molecule has 1 aliphatic rings. The predicted octanol–water partition coefficient (Wildman–Crippen LogP) is 5.62. The van der Waals surface area contributed by atoms with E-state index in [2.05, 4.69) is 20.3 Å². The third-order valence-electron chi connectivity index (χ3n) is 7.80. The fraction of sp³-hybridized carbons (Fsp3) is 0.281. The smallest absolute Gasteiger partial charge is 0.351 e. The molecular formula is C32H34N5O5P. The molecule has 3 N–H and O–H groups in total. The van der Waals surface area contributed by atoms with E-state index in [0.29, 0.717) is 29.4 Å². The first-order valence-electron chi connectivity index (χ1n) is 14.3. The van der Waals surface area contributed by atoms with Crippen LogP contribution in [0, 0.1) is 0 Å². The van der Waals surface area contributed by atoms with E-state index in [-0.39, 0.29) is 6.61 Å². The number of hydrogen-bond acceptors (Lipinski definition) is 7. The Balaban J connectivity index is 1.50. The van der Waals surface area contributed by atoms with Gasteiger partial charge in [-0.2, -0.15) is 0 Å². The molecule has 3 aromatic carbocycles. The van der Waals surface area contributed by atoms with Crippen molar-refractivity contribution < 1.29 is 23.8 Å². The molecular weight excluding hydrogens is 565 g/mol. The van der Waals surface area contributed by atoms with Gasteiger partial charge in [-0.05, 0) is 36.0 Å². The van der Waals surface area contributed by atoms with Gasteiger partial charge in [0.15, 0.2) is 29.1 Å². The maximum absolute atomic E-state index is 12.1. The van der Waals surface area contributed by atoms with Crippen molar-refractivity contribution in [2.24, 2.45) is 0 Å². The molecule has 1 unspecified atom stereocenters. The third-order valence-corrected chi connectivity index (χ3v) is 8.27. The molecule has 11 heteroatoms. The van der Waals surface area contributed by atoms with Gasteiger partial charge in [-0.3, -0.25) is 9.13 Å². The lowest BCUT2D eigenvalue weighted by Gasteiger charge is -2.41. The minimum Gasteiger partial charge on any atom is -0.365 e. The van der Waals surface area contributed by atoms with Gasteiger partial charge in [0, 0.05) is 6.04 Å². The Kier molecular flexibility index (Phi) is 8.13. The second-order valence-electron chi connectivity index (χ2n) is 10.7. The highest BCUT2D eigenvalue weighted by molar-refractivity contribution is 7.51. The lowest BCUT2D eigenvalue weighted by Crippen LogP contribution is -2.45. The number of benzene rings is 3. The van der Waals surface area contributed by atoms with Crippen LogP contribution in [0.25, 0.3) is 11.2 Å². The number of nitrogens with one attached hydrogen (secondary N) is 1. The first-order valence-corrected chi connectivity index (χ1v) is 16.1. The second-order valence-corrected chi connectivity index (χ2v) is 12.3. The average molecular weight is 600 g/mol. The molecule has 1 atom stereocenters. The van der Waals surface area contributed by atoms with Crippen LogP contribution in [0.5, 0.6) is 0 Å². The van der Waals surface area contributed by atoms with Crippen LogP contribution in [0.15, 0.2) is 104 Å². The predicted molar refractivity (Wildman–Crippen MR) is 163 cm³/mol. The Labute approximate surface area is 249 Å². The van der Waals surface area contributed by atoms with Crippen LogP contribution in [0.4, 0.5) is 5.82 Å². The fourth-order valence-electron chi connectivity index (χ4n) is 5.41. The number of rotatable bonds is 13. The van der Waals surface area contributed by atoms with Crippen molar-refractivity contribution in [1.29, 1.82) is 0 Å². The fourth-order valence-corrected chi connectivity index (χ4v) is 5.82. The van der Waals surface area contributed by atoms with Gasteiger partial charge in [-0.1, -0.05) is 97.9 Å². The summed E-state index contributed by atoms with van der Waals surface area (Å²) in [6, 6.07) is 30.1. The molecule has 2 heterocycles. The standard InChI is InChI=1S/C32H34N5O5P/c1-2-31(42-23-43(38,39)40,37-22-35-28-29(36-27-18-19-27)33-21-34-30(28)37)20-41-32(24-12-6-3-7-13-24,25-14-8-4-9-15-25)26-16-10-5-11-17-26/h3-17,21-22,27H,2,18-20,23H2,1H3,(H,33,34,36)(H2,38,39,40). The van der Waals surface area contributed by atoms with Gasteiger partial charge >= 0.3 is 7.60 Å². The molecule has 0 saturated heterocycles. The van der Waals surface area contributed by atoms with E-state index >= 15 is 0 Å². The van der Waals surface area contributed by atoms with Crippen molar-refractivity contribution >= 4 is 24.6 Å². The maximum atomic E-state index is 12.1. The van der Waals surface area contributed by atoms with Crippen LogP contribution in [-0.4, -0.2) is 48.3 Å². The highest BCUT2D eigenvalue weighted by Gasteiger charge is 2.43. The molecule has 5 aromatic rings. The van der Waals surface area contributed by atoms with Crippen LogP contribution < -0.4 is 5.32 Å². The van der Waals surface area contributed by atoms with Crippen LogP contribution in [0.3, 0.4) is 0 Å². The summed E-state index contributed by atoms with van der Waals surface area (Å²) in [6.07, 6.45) is 4.64. The van der Waals surface area contributed by atoms with Crippen molar-refractivity contribution in [3.05, 3.63) is 120 Å². The molecule has 1 saturated carbocycles. The van der Waals surface area contributed by atoms with Crippen molar-refractivity contribution in [3.8, 4) is 0 Å². The highest BCUT2D eigenvalue weighted by Crippen LogP contribution is 2.44. The van der Waals surface area contributed by atoms with Crippen molar-refractivity contribution in [1.82, 2.24) is 19.5 Å². The van der Waals surface area contributed by atoms with Crippen molar-refractivity contribution in [2.45, 2.75) is 43.6 Å². The molecule has 0 amide bonds. The van der Waals surface area contributed by atoms with Gasteiger partial charge in [0.1, 0.15) is 11.9 Å². The minimum absolute atomic E-state index is 0.0942. The van der Waals surface area contributed by atoms with Crippen molar-refractivity contribution in [3.63, 3.8) is 0 Å². The summed E-state index contributed by atoms with van der Waals surface area (Å²) < 4.78 is 27.1. The van der Waals surface area contributed by atoms with Crippen LogP contribution in [-0.2, 0) is 25.4 Å². The van der Waals surface area contributed by atoms with Crippen LogP contribution >= 0.6 is 7.60 Å². The van der Waals surface area contributed by atoms with Gasteiger partial charge < -0.3 is 24.6 Å². The molecule has 0 spiro atoms. The molecule has 1 fully saturated rings. The lowest BCUT2D eigenvalue weighted by molar-refractivity contribution is -0.164. The van der Waals surface area contributed by atoms with Crippen LogP contribution in [0.2, 0.25) is 0 Å². The molecule has 1 aliphatic carbocycles. The monoisotopic (exact) mass is 599 g/mol. The van der Waals surface area contributed by atoms with E-state index in [9.17, 15) is 14.4 Å². The average Bonchev–Trinajstić information content (AvgIpc) is 3.75. The summed E-state index contributed by atoms with van der Waals surface area (Å²) in [5, 5.41) is 3.40. The molecule has 6 rings (SSSR count). The largest absolute Gasteiger partial charge is 0.365 e. The molecule has 0 radical (unpaired) electrons. The van der Waals surface area contributed by atoms with E-state index in [0.717, 1.165) is 29.5 Å². The minimum atomic E-state index is -4.55. The number of anilines is 1. The van der Waals surface area contributed by atoms with E-state index in [4.69, 9.17) is 9.47 Å². The Morgan fingerprint density at radius 2 is 1.42 bits per heavy atom. The Morgan fingerprint density at radius 3 is 1.91 bits per heavy atom. The zero-order valence-electron chi connectivity index (χ0n) is 23.8. The Hall–Kier alpha value is -3.92. The summed E-state index contributed by atoms with van der Waals surface area (Å²) in [5.41, 5.74) is 1.22. The number of imidazole rings is 1. The maximum Gasteiger partial charge on any atom is 0.351 e. The summed E-state index contributed by atoms with van der Waals surface area (Å²) in [4.78, 5) is 33.3. The number of aromatic nitrogens is 4. The molecule has 0 bridgehead atoms. The first kappa shape index (κ1) is 29.2. The molecule has 2 aromatic heterocycles. The zero-order valence-corrected chi connectivity index (χ0v) is 24.7. The number of fused-ring (bicyclic) bond motifs is 1. The number of ether oxygens (including phenoxy) is 2. The number of nitrogens with zero attached hydrogens (tertiary/aromatic N) is 4. The van der Waals surface area contributed by atoms with Gasteiger partial charge in [-0.15, -0.1) is 0 Å². The normalized spacial score (nSPS) is 15.3. The highest BCUT2D eigenvalue weighted by atomic mass is 31.2. The quantitative estimate of drug-likeness (QED) is 0.116. The molecule has 10 nitrogen and oxygen atoms in total. The topological polar surface area (TPSA) is 132 Å². The van der Waals surface area contributed by atoms with Crippen LogP contribution in [0.1, 0.15) is 42.9 Å². The van der Waals surface area contributed by atoms with E-state index in [1.807, 2.05) is 97.9 Å². The Bertz CT molecular complexity index is 1610. The van der Waals surface area contributed by atoms with Gasteiger partial charge in [0.05, 0.1) is 12.9 Å². The lowest BCUT2D eigenvalue weighted by atomic mass is 9.80. The van der Waals surface area contributed by atoms with E-state index in [1.165, 1.54) is 6.33 Å². The summed E-state index contributed by atoms with van der Waals surface area (Å²) in [7, 11) is -4.55. The SMILES string of the molecule is CCC(COC(c1ccccc1)(c1ccccc1)c1ccccc1)(OCP(=O)(O)O)n1cnc2c(NC3CC3)ncnc21. The van der Waals surface area contributed by atoms with E-state index < -0.39 is 25.3 Å². The van der Waals surface area contributed by atoms with E-state index in [1.54, 1.807) is 10.9 Å². The first-order chi connectivity index (χ1) is 20.8. The van der Waals surface area contributed by atoms with Gasteiger partial charge in [0.25, 0.3) is 0 Å². The molecule has 0 aliphatic heterocycles. The second kappa shape index (κ2) is 12.0. The van der Waals surface area contributed by atoms with Gasteiger partial charge in [0.2, 0.25) is 0 Å². The third kappa shape index (κ3) is 5.98. The summed E-state index contributed by atoms with van der Waals surface area (Å²) >= 11 is 0. The molecule has 43 heavy (non-hydrogen) atoms.